The first-order valence-corrected chi connectivity index (χ1v) is 5.10. The van der Waals surface area contributed by atoms with Crippen molar-refractivity contribution in [1.29, 1.82) is 0 Å². The van der Waals surface area contributed by atoms with Gasteiger partial charge in [0.25, 0.3) is 0 Å². The quantitative estimate of drug-likeness (QED) is 0.514. The Morgan fingerprint density at radius 2 is 2.27 bits per heavy atom. The molecule has 3 nitrogen and oxygen atoms in total. The molecule has 2 fully saturated rings. The predicted molar refractivity (Wildman–Crippen MR) is 45.6 cm³/mol. The smallest absolute Gasteiger partial charge is 0.225 e. The van der Waals surface area contributed by atoms with E-state index in [-0.39, 0.29) is 11.8 Å². The maximum Gasteiger partial charge on any atom is 0.225 e. The minimum Gasteiger partial charge on any atom is -0.351 e. The van der Waals surface area contributed by atoms with Gasteiger partial charge in [0.05, 0.1) is 12.0 Å². The molecule has 2 saturated heterocycles. The SMILES string of the molecule is O=C1NC2CNCC1CSC2. The lowest BCUT2D eigenvalue weighted by molar-refractivity contribution is -0.124. The Labute approximate surface area is 70.3 Å². The first-order valence-electron chi connectivity index (χ1n) is 3.95. The number of hydrogen-bond donors (Lipinski definition) is 2. The molecule has 2 rings (SSSR count). The van der Waals surface area contributed by atoms with E-state index in [9.17, 15) is 4.79 Å². The van der Waals surface area contributed by atoms with Gasteiger partial charge in [0.15, 0.2) is 0 Å². The van der Waals surface area contributed by atoms with Crippen molar-refractivity contribution in [1.82, 2.24) is 10.6 Å². The molecule has 2 N–H and O–H groups in total. The van der Waals surface area contributed by atoms with Crippen LogP contribution in [0.5, 0.6) is 0 Å². The summed E-state index contributed by atoms with van der Waals surface area (Å²) in [6, 6.07) is 0.361. The van der Waals surface area contributed by atoms with Crippen LogP contribution in [0, 0.1) is 5.92 Å². The average Bonchev–Trinajstić information content (AvgIpc) is 2.16. The third-order valence-electron chi connectivity index (χ3n) is 2.14. The van der Waals surface area contributed by atoms with Crippen LogP contribution in [0.4, 0.5) is 0 Å². The summed E-state index contributed by atoms with van der Waals surface area (Å²) in [5.74, 6) is 2.49. The number of carbonyl (C=O) groups is 1. The van der Waals surface area contributed by atoms with Crippen LogP contribution in [0.3, 0.4) is 0 Å². The lowest BCUT2D eigenvalue weighted by Crippen LogP contribution is -2.39. The van der Waals surface area contributed by atoms with Crippen LogP contribution in [-0.2, 0) is 4.79 Å². The normalized spacial score (nSPS) is 37.6. The van der Waals surface area contributed by atoms with Crippen molar-refractivity contribution in [2.24, 2.45) is 5.92 Å². The monoisotopic (exact) mass is 172 g/mol. The second kappa shape index (κ2) is 3.03. The van der Waals surface area contributed by atoms with E-state index >= 15 is 0 Å². The van der Waals surface area contributed by atoms with Crippen LogP contribution in [-0.4, -0.2) is 36.5 Å². The summed E-state index contributed by atoms with van der Waals surface area (Å²) < 4.78 is 0. The van der Waals surface area contributed by atoms with Crippen LogP contribution >= 0.6 is 11.8 Å². The number of fused-ring (bicyclic) bond motifs is 3. The molecule has 2 bridgehead atoms. The average molecular weight is 172 g/mol. The van der Waals surface area contributed by atoms with Crippen LogP contribution in [0.2, 0.25) is 0 Å². The molecule has 62 valence electrons. The second-order valence-electron chi connectivity index (χ2n) is 3.10. The summed E-state index contributed by atoms with van der Waals surface area (Å²) >= 11 is 1.89. The Hall–Kier alpha value is -0.220. The van der Waals surface area contributed by atoms with Crippen LogP contribution in [0.1, 0.15) is 0 Å². The Morgan fingerprint density at radius 1 is 1.36 bits per heavy atom. The van der Waals surface area contributed by atoms with Gasteiger partial charge in [-0.1, -0.05) is 0 Å². The molecule has 0 radical (unpaired) electrons. The van der Waals surface area contributed by atoms with E-state index in [1.165, 1.54) is 0 Å². The largest absolute Gasteiger partial charge is 0.351 e. The number of thioether (sulfide) groups is 1. The highest BCUT2D eigenvalue weighted by Crippen LogP contribution is 2.16. The molecule has 0 saturated carbocycles. The molecule has 1 amide bonds. The van der Waals surface area contributed by atoms with Gasteiger partial charge in [-0.3, -0.25) is 4.79 Å². The number of rotatable bonds is 0. The molecule has 0 spiro atoms. The molecule has 0 aromatic rings. The minimum absolute atomic E-state index is 0.201. The highest BCUT2D eigenvalue weighted by atomic mass is 32.2. The third kappa shape index (κ3) is 1.51. The molecule has 4 heteroatoms. The van der Waals surface area contributed by atoms with Crippen molar-refractivity contribution in [3.05, 3.63) is 0 Å². The molecule has 0 aromatic carbocycles. The van der Waals surface area contributed by atoms with Crippen molar-refractivity contribution in [2.75, 3.05) is 24.6 Å². The van der Waals surface area contributed by atoms with Gasteiger partial charge in [-0.25, -0.2) is 0 Å². The van der Waals surface area contributed by atoms with Crippen molar-refractivity contribution < 1.29 is 4.79 Å². The lowest BCUT2D eigenvalue weighted by atomic mass is 10.2. The van der Waals surface area contributed by atoms with Gasteiger partial charge in [-0.15, -0.1) is 0 Å². The van der Waals surface area contributed by atoms with Crippen molar-refractivity contribution in [3.63, 3.8) is 0 Å². The zero-order chi connectivity index (χ0) is 7.68. The second-order valence-corrected chi connectivity index (χ2v) is 4.17. The lowest BCUT2D eigenvalue weighted by Gasteiger charge is -2.14. The van der Waals surface area contributed by atoms with Crippen LogP contribution < -0.4 is 10.6 Å². The molecule has 11 heavy (non-hydrogen) atoms. The number of hydrogen-bond acceptors (Lipinski definition) is 3. The number of amides is 1. The molecular formula is C7H12N2OS. The molecule has 2 unspecified atom stereocenters. The zero-order valence-corrected chi connectivity index (χ0v) is 7.12. The molecule has 0 aliphatic carbocycles. The molecule has 0 aromatic heterocycles. The Balaban J connectivity index is 2.14. The van der Waals surface area contributed by atoms with E-state index < -0.39 is 0 Å². The molecule has 2 aliphatic rings. The molecule has 2 atom stereocenters. The van der Waals surface area contributed by atoms with E-state index in [4.69, 9.17) is 0 Å². The number of nitrogens with one attached hydrogen (secondary N) is 2. The summed E-state index contributed by atoms with van der Waals surface area (Å²) in [5.41, 5.74) is 0. The highest BCUT2D eigenvalue weighted by molar-refractivity contribution is 7.99. The third-order valence-corrected chi connectivity index (χ3v) is 3.41. The van der Waals surface area contributed by atoms with Gasteiger partial charge < -0.3 is 10.6 Å². The van der Waals surface area contributed by atoms with Crippen LogP contribution in [0.15, 0.2) is 0 Å². The van der Waals surface area contributed by atoms with Gasteiger partial charge in [-0.2, -0.15) is 11.8 Å². The van der Waals surface area contributed by atoms with E-state index in [0.29, 0.717) is 6.04 Å². The van der Waals surface area contributed by atoms with Crippen LogP contribution in [0.25, 0.3) is 0 Å². The van der Waals surface area contributed by atoms with Gasteiger partial charge in [0.2, 0.25) is 5.91 Å². The Bertz CT molecular complexity index is 164. The summed E-state index contributed by atoms with van der Waals surface area (Å²) in [5, 5.41) is 6.30. The van der Waals surface area contributed by atoms with Gasteiger partial charge in [0, 0.05) is 24.6 Å². The van der Waals surface area contributed by atoms with Crippen molar-refractivity contribution in [2.45, 2.75) is 6.04 Å². The van der Waals surface area contributed by atoms with E-state index in [0.717, 1.165) is 24.6 Å². The fraction of sp³-hybridized carbons (Fsp3) is 0.857. The van der Waals surface area contributed by atoms with Crippen molar-refractivity contribution in [3.8, 4) is 0 Å². The maximum absolute atomic E-state index is 11.3. The van der Waals surface area contributed by atoms with Gasteiger partial charge in [0.1, 0.15) is 0 Å². The fourth-order valence-electron chi connectivity index (χ4n) is 1.48. The fourth-order valence-corrected chi connectivity index (χ4v) is 2.66. The molecule has 2 aliphatic heterocycles. The van der Waals surface area contributed by atoms with Gasteiger partial charge in [-0.05, 0) is 0 Å². The Morgan fingerprint density at radius 3 is 3.18 bits per heavy atom. The number of carbonyl (C=O) groups excluding carboxylic acids is 1. The molecular weight excluding hydrogens is 160 g/mol. The predicted octanol–water partition coefficient (Wildman–Crippen LogP) is -0.563. The molecule has 2 heterocycles. The van der Waals surface area contributed by atoms with E-state index in [2.05, 4.69) is 10.6 Å². The summed E-state index contributed by atoms with van der Waals surface area (Å²) in [4.78, 5) is 11.3. The summed E-state index contributed by atoms with van der Waals surface area (Å²) in [6.07, 6.45) is 0. The van der Waals surface area contributed by atoms with E-state index in [1.54, 1.807) is 0 Å². The highest BCUT2D eigenvalue weighted by Gasteiger charge is 2.28. The van der Waals surface area contributed by atoms with Gasteiger partial charge >= 0.3 is 0 Å². The minimum atomic E-state index is 0.201. The summed E-state index contributed by atoms with van der Waals surface area (Å²) in [6.45, 7) is 1.80. The topological polar surface area (TPSA) is 41.1 Å². The first-order chi connectivity index (χ1) is 5.36. The standard InChI is InChI=1S/C7H12N2OS/c10-7-5-1-8-2-6(9-7)4-11-3-5/h5-6,8H,1-4H2,(H,9,10). The van der Waals surface area contributed by atoms with E-state index in [1.807, 2.05) is 11.8 Å². The zero-order valence-electron chi connectivity index (χ0n) is 6.30. The van der Waals surface area contributed by atoms with Crippen molar-refractivity contribution >= 4 is 17.7 Å². The maximum atomic E-state index is 11.3. The Kier molecular flexibility index (Phi) is 2.05. The summed E-state index contributed by atoms with van der Waals surface area (Å²) in [7, 11) is 0. The first kappa shape index (κ1) is 7.43.